The molecule has 0 bridgehead atoms. The van der Waals surface area contributed by atoms with Crippen molar-refractivity contribution in [2.45, 2.75) is 51.9 Å². The Morgan fingerprint density at radius 3 is 1.94 bits per heavy atom. The molecule has 0 aliphatic carbocycles. The molecule has 0 aromatic carbocycles. The van der Waals surface area contributed by atoms with Gasteiger partial charge in [-0.1, -0.05) is 38.3 Å². The quantitative estimate of drug-likeness (QED) is 0.349. The summed E-state index contributed by atoms with van der Waals surface area (Å²) in [5, 5.41) is 8.55. The summed E-state index contributed by atoms with van der Waals surface area (Å²) < 4.78 is 0. The van der Waals surface area contributed by atoms with Gasteiger partial charge in [-0.3, -0.25) is 9.59 Å². The van der Waals surface area contributed by atoms with E-state index in [0.717, 1.165) is 12.8 Å². The standard InChI is InChI=1S/C15H24O3/c1-2-3-4-5-9-14(17)10-6-7-11-15(18)12-8-13-16/h6-7,10-11,16H,2-5,8-9,12-13H2,1H3/b10-6+,11-7+. The number of hydrogen-bond acceptors (Lipinski definition) is 3. The van der Waals surface area contributed by atoms with Crippen LogP contribution >= 0.6 is 0 Å². The maximum Gasteiger partial charge on any atom is 0.155 e. The van der Waals surface area contributed by atoms with Crippen LogP contribution in [0.15, 0.2) is 24.3 Å². The predicted molar refractivity (Wildman–Crippen MR) is 73.4 cm³/mol. The number of aliphatic hydroxyl groups excluding tert-OH is 1. The van der Waals surface area contributed by atoms with Crippen LogP contribution in [0.25, 0.3) is 0 Å². The number of carbonyl (C=O) groups is 2. The third-order valence-electron chi connectivity index (χ3n) is 2.53. The van der Waals surface area contributed by atoms with E-state index in [1.54, 1.807) is 12.2 Å². The maximum atomic E-state index is 11.4. The van der Waals surface area contributed by atoms with Crippen molar-refractivity contribution in [1.29, 1.82) is 0 Å². The van der Waals surface area contributed by atoms with Gasteiger partial charge in [-0.2, -0.15) is 0 Å². The van der Waals surface area contributed by atoms with Crippen LogP contribution in [0.3, 0.4) is 0 Å². The Morgan fingerprint density at radius 2 is 1.44 bits per heavy atom. The molecule has 0 rings (SSSR count). The summed E-state index contributed by atoms with van der Waals surface area (Å²) in [7, 11) is 0. The molecule has 0 fully saturated rings. The van der Waals surface area contributed by atoms with E-state index in [-0.39, 0.29) is 18.2 Å². The molecule has 3 heteroatoms. The number of aliphatic hydroxyl groups is 1. The van der Waals surface area contributed by atoms with Gasteiger partial charge in [0.2, 0.25) is 0 Å². The number of carbonyl (C=O) groups excluding carboxylic acids is 2. The van der Waals surface area contributed by atoms with E-state index >= 15 is 0 Å². The number of ketones is 2. The first-order valence-corrected chi connectivity index (χ1v) is 6.72. The van der Waals surface area contributed by atoms with Crippen molar-refractivity contribution in [3.05, 3.63) is 24.3 Å². The summed E-state index contributed by atoms with van der Waals surface area (Å²) in [4.78, 5) is 22.6. The first kappa shape index (κ1) is 16.8. The predicted octanol–water partition coefficient (Wildman–Crippen LogP) is 2.98. The zero-order valence-corrected chi connectivity index (χ0v) is 11.2. The highest BCUT2D eigenvalue weighted by atomic mass is 16.3. The van der Waals surface area contributed by atoms with E-state index in [0.29, 0.717) is 19.3 Å². The van der Waals surface area contributed by atoms with Gasteiger partial charge in [0.05, 0.1) is 0 Å². The van der Waals surface area contributed by atoms with Gasteiger partial charge in [0, 0.05) is 19.4 Å². The molecule has 0 aromatic rings. The molecule has 0 aromatic heterocycles. The number of hydrogen-bond donors (Lipinski definition) is 1. The minimum absolute atomic E-state index is 0.0240. The van der Waals surface area contributed by atoms with Gasteiger partial charge in [0.15, 0.2) is 11.6 Å². The summed E-state index contributed by atoms with van der Waals surface area (Å²) in [6.45, 7) is 2.17. The normalized spacial score (nSPS) is 11.4. The lowest BCUT2D eigenvalue weighted by atomic mass is 10.1. The van der Waals surface area contributed by atoms with Crippen molar-refractivity contribution in [2.24, 2.45) is 0 Å². The lowest BCUT2D eigenvalue weighted by Gasteiger charge is -1.95. The van der Waals surface area contributed by atoms with Crippen LogP contribution in [0.5, 0.6) is 0 Å². The van der Waals surface area contributed by atoms with Crippen molar-refractivity contribution in [3.63, 3.8) is 0 Å². The Bertz CT molecular complexity index is 290. The molecule has 0 unspecified atom stereocenters. The molecule has 3 nitrogen and oxygen atoms in total. The van der Waals surface area contributed by atoms with Crippen molar-refractivity contribution in [2.75, 3.05) is 6.61 Å². The highest BCUT2D eigenvalue weighted by molar-refractivity contribution is 5.91. The monoisotopic (exact) mass is 252 g/mol. The van der Waals surface area contributed by atoms with Crippen LogP contribution < -0.4 is 0 Å². The van der Waals surface area contributed by atoms with Gasteiger partial charge >= 0.3 is 0 Å². The van der Waals surface area contributed by atoms with E-state index in [1.165, 1.54) is 25.0 Å². The van der Waals surface area contributed by atoms with Crippen LogP contribution in [-0.4, -0.2) is 23.3 Å². The lowest BCUT2D eigenvalue weighted by molar-refractivity contribution is -0.115. The van der Waals surface area contributed by atoms with Gasteiger partial charge < -0.3 is 5.11 Å². The van der Waals surface area contributed by atoms with E-state index in [2.05, 4.69) is 6.92 Å². The Morgan fingerprint density at radius 1 is 0.889 bits per heavy atom. The zero-order valence-electron chi connectivity index (χ0n) is 11.2. The fourth-order valence-corrected chi connectivity index (χ4v) is 1.47. The minimum Gasteiger partial charge on any atom is -0.396 e. The highest BCUT2D eigenvalue weighted by Gasteiger charge is 1.96. The van der Waals surface area contributed by atoms with Crippen LogP contribution in [0.4, 0.5) is 0 Å². The lowest BCUT2D eigenvalue weighted by Crippen LogP contribution is -1.94. The largest absolute Gasteiger partial charge is 0.396 e. The SMILES string of the molecule is CCCCCCC(=O)/C=C/C=C/C(=O)CCCO. The molecular weight excluding hydrogens is 228 g/mol. The summed E-state index contributed by atoms with van der Waals surface area (Å²) in [5.74, 6) is 0.0858. The second-order valence-corrected chi connectivity index (χ2v) is 4.29. The van der Waals surface area contributed by atoms with Crippen LogP contribution in [-0.2, 0) is 9.59 Å². The third-order valence-corrected chi connectivity index (χ3v) is 2.53. The molecule has 0 saturated heterocycles. The molecule has 18 heavy (non-hydrogen) atoms. The molecule has 0 spiro atoms. The minimum atomic E-state index is -0.0240. The van der Waals surface area contributed by atoms with Crippen LogP contribution in [0.1, 0.15) is 51.9 Å². The molecule has 0 atom stereocenters. The number of rotatable bonds is 11. The molecule has 0 aliphatic rings. The summed E-state index contributed by atoms with van der Waals surface area (Å²) in [5.41, 5.74) is 0. The summed E-state index contributed by atoms with van der Waals surface area (Å²) >= 11 is 0. The Kier molecular flexibility index (Phi) is 11.4. The fourth-order valence-electron chi connectivity index (χ4n) is 1.47. The number of allylic oxidation sites excluding steroid dienone is 4. The van der Waals surface area contributed by atoms with Gasteiger partial charge in [0.25, 0.3) is 0 Å². The first-order chi connectivity index (χ1) is 8.70. The fraction of sp³-hybridized carbons (Fsp3) is 0.600. The molecule has 0 heterocycles. The van der Waals surface area contributed by atoms with Crippen molar-refractivity contribution in [3.8, 4) is 0 Å². The van der Waals surface area contributed by atoms with Crippen LogP contribution in [0, 0.1) is 0 Å². The Labute approximate surface area is 110 Å². The van der Waals surface area contributed by atoms with E-state index in [1.807, 2.05) is 0 Å². The highest BCUT2D eigenvalue weighted by Crippen LogP contribution is 2.03. The molecular formula is C15H24O3. The second-order valence-electron chi connectivity index (χ2n) is 4.29. The van der Waals surface area contributed by atoms with Crippen molar-refractivity contribution < 1.29 is 14.7 Å². The van der Waals surface area contributed by atoms with Gasteiger partial charge in [0.1, 0.15) is 0 Å². The molecule has 0 radical (unpaired) electrons. The van der Waals surface area contributed by atoms with Gasteiger partial charge in [-0.25, -0.2) is 0 Å². The Balaban J connectivity index is 3.70. The zero-order chi connectivity index (χ0) is 13.6. The molecule has 102 valence electrons. The second kappa shape index (κ2) is 12.2. The van der Waals surface area contributed by atoms with E-state index < -0.39 is 0 Å². The molecule has 1 N–H and O–H groups in total. The van der Waals surface area contributed by atoms with E-state index in [9.17, 15) is 9.59 Å². The third kappa shape index (κ3) is 11.3. The van der Waals surface area contributed by atoms with E-state index in [4.69, 9.17) is 5.11 Å². The van der Waals surface area contributed by atoms with Gasteiger partial charge in [-0.15, -0.1) is 0 Å². The molecule has 0 amide bonds. The number of unbranched alkanes of at least 4 members (excludes halogenated alkanes) is 3. The molecule has 0 saturated carbocycles. The smallest absolute Gasteiger partial charge is 0.155 e. The topological polar surface area (TPSA) is 54.4 Å². The van der Waals surface area contributed by atoms with Crippen LogP contribution in [0.2, 0.25) is 0 Å². The van der Waals surface area contributed by atoms with Gasteiger partial charge in [-0.05, 0) is 25.0 Å². The Hall–Kier alpha value is -1.22. The molecule has 0 aliphatic heterocycles. The maximum absolute atomic E-state index is 11.4. The average Bonchev–Trinajstić information content (AvgIpc) is 2.37. The summed E-state index contributed by atoms with van der Waals surface area (Å²) in [6.07, 6.45) is 12.0. The first-order valence-electron chi connectivity index (χ1n) is 6.72. The van der Waals surface area contributed by atoms with Crippen molar-refractivity contribution >= 4 is 11.6 Å². The summed E-state index contributed by atoms with van der Waals surface area (Å²) in [6, 6.07) is 0. The average molecular weight is 252 g/mol. The van der Waals surface area contributed by atoms with Crippen molar-refractivity contribution in [1.82, 2.24) is 0 Å².